The summed E-state index contributed by atoms with van der Waals surface area (Å²) in [4.78, 5) is 49.9. The summed E-state index contributed by atoms with van der Waals surface area (Å²) in [5, 5.41) is 15.1. The van der Waals surface area contributed by atoms with Crippen LogP contribution in [0.15, 0.2) is 77.0 Å². The Bertz CT molecular complexity index is 1580. The lowest BCUT2D eigenvalue weighted by atomic mass is 10.1. The van der Waals surface area contributed by atoms with E-state index in [-0.39, 0.29) is 18.0 Å². The molecule has 3 heterocycles. The first-order chi connectivity index (χ1) is 17.8. The van der Waals surface area contributed by atoms with E-state index in [0.717, 1.165) is 21.4 Å². The van der Waals surface area contributed by atoms with Gasteiger partial charge in [-0.3, -0.25) is 9.59 Å². The van der Waals surface area contributed by atoms with Crippen LogP contribution < -0.4 is 10.6 Å². The van der Waals surface area contributed by atoms with Gasteiger partial charge in [0.25, 0.3) is 5.91 Å². The lowest BCUT2D eigenvalue weighted by Gasteiger charge is -2.12. The molecule has 1 saturated heterocycles. The smallest absolute Gasteiger partial charge is 0.371 e. The van der Waals surface area contributed by atoms with E-state index in [9.17, 15) is 19.2 Å². The number of aromatic carboxylic acids is 1. The molecule has 4 aromatic rings. The van der Waals surface area contributed by atoms with Gasteiger partial charge < -0.3 is 24.7 Å². The molecule has 1 aliphatic rings. The molecule has 0 saturated carbocycles. The van der Waals surface area contributed by atoms with Crippen molar-refractivity contribution in [2.45, 2.75) is 13.5 Å². The van der Waals surface area contributed by atoms with Crippen LogP contribution in [0.2, 0.25) is 0 Å². The van der Waals surface area contributed by atoms with Crippen LogP contribution in [0.25, 0.3) is 17.0 Å². The minimum Gasteiger partial charge on any atom is -0.475 e. The first-order valence-corrected chi connectivity index (χ1v) is 11.4. The van der Waals surface area contributed by atoms with Crippen molar-refractivity contribution >= 4 is 46.5 Å². The Morgan fingerprint density at radius 3 is 2.54 bits per heavy atom. The number of imide groups is 1. The number of amides is 4. The number of para-hydroxylation sites is 1. The number of anilines is 1. The van der Waals surface area contributed by atoms with Crippen LogP contribution >= 0.6 is 0 Å². The van der Waals surface area contributed by atoms with Crippen molar-refractivity contribution in [3.63, 3.8) is 0 Å². The zero-order valence-corrected chi connectivity index (χ0v) is 19.7. The van der Waals surface area contributed by atoms with Crippen molar-refractivity contribution in [1.82, 2.24) is 14.8 Å². The number of fused-ring (bicyclic) bond motifs is 1. The molecule has 3 N–H and O–H groups in total. The molecule has 10 heteroatoms. The van der Waals surface area contributed by atoms with Crippen LogP contribution in [0.1, 0.15) is 27.4 Å². The molecule has 0 aliphatic carbocycles. The third-order valence-corrected chi connectivity index (χ3v) is 5.92. The molecule has 4 amide bonds. The Morgan fingerprint density at radius 2 is 1.81 bits per heavy atom. The molecule has 186 valence electrons. The first kappa shape index (κ1) is 23.6. The van der Waals surface area contributed by atoms with Gasteiger partial charge in [0.2, 0.25) is 11.7 Å². The lowest BCUT2D eigenvalue weighted by Crippen LogP contribution is -2.38. The standard InChI is InChI=1S/C27H22N4O6/c1-16-6-8-18(9-7-16)28-24(32)15-31-25(33)21(29-27(31)36)12-17-13-30(22-5-3-2-4-20(17)22)14-19-10-11-23(37-19)26(34)35/h2-13H,14-15H2,1H3,(H,28,32)(H,29,36)(H,34,35)/b21-12-. The molecule has 0 atom stereocenters. The van der Waals surface area contributed by atoms with Crippen LogP contribution in [0.3, 0.4) is 0 Å². The Kier molecular flexibility index (Phi) is 6.06. The SMILES string of the molecule is Cc1ccc(NC(=O)CN2C(=O)N/C(=C\c3cn(Cc4ccc(C(=O)O)o4)c4ccccc34)C2=O)cc1. The van der Waals surface area contributed by atoms with E-state index in [4.69, 9.17) is 9.52 Å². The fourth-order valence-corrected chi connectivity index (χ4v) is 4.12. The van der Waals surface area contributed by atoms with E-state index in [1.165, 1.54) is 6.07 Å². The maximum absolute atomic E-state index is 13.0. The average Bonchev–Trinajstić information content (AvgIpc) is 3.55. The third kappa shape index (κ3) is 4.85. The molecule has 2 aromatic carbocycles. The Balaban J connectivity index is 1.36. The number of carboxylic acid groups (broad SMARTS) is 1. The summed E-state index contributed by atoms with van der Waals surface area (Å²) < 4.78 is 7.24. The summed E-state index contributed by atoms with van der Waals surface area (Å²) in [5.41, 5.74) is 3.14. The van der Waals surface area contributed by atoms with Gasteiger partial charge in [-0.1, -0.05) is 35.9 Å². The van der Waals surface area contributed by atoms with Crippen molar-refractivity contribution in [2.75, 3.05) is 11.9 Å². The number of aromatic nitrogens is 1. The summed E-state index contributed by atoms with van der Waals surface area (Å²) in [6, 6.07) is 16.9. The van der Waals surface area contributed by atoms with Gasteiger partial charge in [0, 0.05) is 28.4 Å². The van der Waals surface area contributed by atoms with E-state index >= 15 is 0 Å². The minimum atomic E-state index is -1.15. The summed E-state index contributed by atoms with van der Waals surface area (Å²) in [7, 11) is 0. The van der Waals surface area contributed by atoms with Crippen LogP contribution in [0.4, 0.5) is 10.5 Å². The van der Waals surface area contributed by atoms with Crippen LogP contribution in [-0.2, 0) is 16.1 Å². The molecule has 5 rings (SSSR count). The number of hydrogen-bond donors (Lipinski definition) is 3. The number of benzene rings is 2. The van der Waals surface area contributed by atoms with Crippen LogP contribution in [0.5, 0.6) is 0 Å². The highest BCUT2D eigenvalue weighted by atomic mass is 16.4. The largest absolute Gasteiger partial charge is 0.475 e. The van der Waals surface area contributed by atoms with Gasteiger partial charge in [-0.25, -0.2) is 14.5 Å². The number of nitrogens with zero attached hydrogens (tertiary/aromatic N) is 2. The maximum atomic E-state index is 13.0. The molecular weight excluding hydrogens is 476 g/mol. The van der Waals surface area contributed by atoms with Crippen LogP contribution in [0, 0.1) is 6.92 Å². The maximum Gasteiger partial charge on any atom is 0.371 e. The molecule has 10 nitrogen and oxygen atoms in total. The highest BCUT2D eigenvalue weighted by molar-refractivity contribution is 6.16. The van der Waals surface area contributed by atoms with Crippen molar-refractivity contribution in [2.24, 2.45) is 0 Å². The van der Waals surface area contributed by atoms with Crippen molar-refractivity contribution in [1.29, 1.82) is 0 Å². The number of carbonyl (C=O) groups is 4. The Labute approximate surface area is 210 Å². The van der Waals surface area contributed by atoms with E-state index < -0.39 is 30.4 Å². The summed E-state index contributed by atoms with van der Waals surface area (Å²) in [6.07, 6.45) is 3.34. The lowest BCUT2D eigenvalue weighted by molar-refractivity contribution is -0.127. The van der Waals surface area contributed by atoms with Crippen molar-refractivity contribution < 1.29 is 28.7 Å². The Morgan fingerprint density at radius 1 is 1.05 bits per heavy atom. The zero-order chi connectivity index (χ0) is 26.1. The molecular formula is C27H22N4O6. The van der Waals surface area contributed by atoms with E-state index in [1.54, 1.807) is 30.5 Å². The number of carboxylic acids is 1. The molecule has 2 aromatic heterocycles. The summed E-state index contributed by atoms with van der Waals surface area (Å²) in [5.74, 6) is -1.96. The van der Waals surface area contributed by atoms with Gasteiger partial charge in [-0.15, -0.1) is 0 Å². The van der Waals surface area contributed by atoms with Gasteiger partial charge in [-0.2, -0.15) is 0 Å². The number of nitrogens with one attached hydrogen (secondary N) is 2. The van der Waals surface area contributed by atoms with E-state index in [1.807, 2.05) is 47.9 Å². The fraction of sp³-hybridized carbons (Fsp3) is 0.111. The Hall–Kier alpha value is -5.12. The second kappa shape index (κ2) is 9.50. The first-order valence-electron chi connectivity index (χ1n) is 11.4. The molecule has 0 unspecified atom stereocenters. The quantitative estimate of drug-likeness (QED) is 0.262. The average molecular weight is 498 g/mol. The monoisotopic (exact) mass is 498 g/mol. The highest BCUT2D eigenvalue weighted by Gasteiger charge is 2.35. The number of rotatable bonds is 7. The topological polar surface area (TPSA) is 134 Å². The number of hydrogen-bond acceptors (Lipinski definition) is 5. The number of furan rings is 1. The number of urea groups is 1. The predicted molar refractivity (Wildman–Crippen MR) is 135 cm³/mol. The second-order valence-corrected chi connectivity index (χ2v) is 8.59. The molecule has 1 aliphatic heterocycles. The van der Waals surface area contributed by atoms with Gasteiger partial charge in [0.1, 0.15) is 18.0 Å². The number of aryl methyl sites for hydroxylation is 1. The second-order valence-electron chi connectivity index (χ2n) is 8.59. The van der Waals surface area contributed by atoms with E-state index in [0.29, 0.717) is 17.0 Å². The molecule has 0 bridgehead atoms. The summed E-state index contributed by atoms with van der Waals surface area (Å²) in [6.45, 7) is 1.76. The number of carbonyl (C=O) groups excluding carboxylic acids is 3. The summed E-state index contributed by atoms with van der Waals surface area (Å²) >= 11 is 0. The highest BCUT2D eigenvalue weighted by Crippen LogP contribution is 2.26. The predicted octanol–water partition coefficient (Wildman–Crippen LogP) is 3.82. The van der Waals surface area contributed by atoms with E-state index in [2.05, 4.69) is 10.6 Å². The zero-order valence-electron chi connectivity index (χ0n) is 19.7. The third-order valence-electron chi connectivity index (χ3n) is 5.92. The van der Waals surface area contributed by atoms with Gasteiger partial charge in [0.05, 0.1) is 6.54 Å². The molecule has 0 radical (unpaired) electrons. The molecule has 37 heavy (non-hydrogen) atoms. The van der Waals surface area contributed by atoms with Crippen molar-refractivity contribution in [3.05, 3.63) is 95.2 Å². The normalized spacial score (nSPS) is 14.4. The fourth-order valence-electron chi connectivity index (χ4n) is 4.12. The molecule has 1 fully saturated rings. The van der Waals surface area contributed by atoms with Crippen LogP contribution in [-0.4, -0.2) is 44.9 Å². The van der Waals surface area contributed by atoms with Crippen molar-refractivity contribution in [3.8, 4) is 0 Å². The molecule has 0 spiro atoms. The van der Waals surface area contributed by atoms with Gasteiger partial charge in [0.15, 0.2) is 0 Å². The van der Waals surface area contributed by atoms with Gasteiger partial charge in [-0.05, 0) is 43.3 Å². The minimum absolute atomic E-state index is 0.0437. The van der Waals surface area contributed by atoms with Gasteiger partial charge >= 0.3 is 12.0 Å².